The van der Waals surface area contributed by atoms with E-state index in [1.54, 1.807) is 0 Å². The number of aromatic amines is 1. The number of anilines is 1. The van der Waals surface area contributed by atoms with Gasteiger partial charge in [-0.2, -0.15) is 4.98 Å². The van der Waals surface area contributed by atoms with E-state index in [2.05, 4.69) is 19.9 Å². The number of halogens is 2. The molecule has 0 spiro atoms. The van der Waals surface area contributed by atoms with E-state index in [0.29, 0.717) is 0 Å². The van der Waals surface area contributed by atoms with E-state index >= 15 is 0 Å². The minimum atomic E-state index is -0.370. The summed E-state index contributed by atoms with van der Waals surface area (Å²) >= 11 is 9.53. The van der Waals surface area contributed by atoms with Crippen LogP contribution in [0.25, 0.3) is 11.2 Å². The van der Waals surface area contributed by atoms with Gasteiger partial charge < -0.3 is 11.9 Å². The Kier molecular flexibility index (Phi) is 6.31. The van der Waals surface area contributed by atoms with Crippen molar-refractivity contribution in [3.63, 3.8) is 0 Å². The number of rotatable bonds is 0. The molecule has 2 aromatic rings. The van der Waals surface area contributed by atoms with E-state index < -0.39 is 0 Å². The number of nitrogens with two attached hydrogens (primary N) is 1. The molecular weight excluding hydrogens is 255 g/mol. The van der Waals surface area contributed by atoms with Crippen molar-refractivity contribution in [2.75, 3.05) is 11.1 Å². The Bertz CT molecular complexity index is 501. The minimum Gasteiger partial charge on any atom is -0.369 e. The fourth-order valence-electron chi connectivity index (χ4n) is 0.890. The van der Waals surface area contributed by atoms with Crippen LogP contribution >= 0.6 is 23.2 Å². The summed E-state index contributed by atoms with van der Waals surface area (Å²) in [4.78, 5) is 24.9. The molecular formula is C7H10Cl2N6O. The van der Waals surface area contributed by atoms with Gasteiger partial charge in [0.2, 0.25) is 5.95 Å². The highest BCUT2D eigenvalue weighted by Crippen LogP contribution is 1.97. The van der Waals surface area contributed by atoms with Crippen LogP contribution in [0.15, 0.2) is 17.2 Å². The van der Waals surface area contributed by atoms with Crippen molar-refractivity contribution in [2.24, 2.45) is 0 Å². The Labute approximate surface area is 101 Å². The smallest absolute Gasteiger partial charge is 0.280 e. The molecule has 7 nitrogen and oxygen atoms in total. The number of aromatic nitrogens is 4. The molecule has 0 aliphatic heterocycles. The second-order valence-electron chi connectivity index (χ2n) is 2.28. The van der Waals surface area contributed by atoms with Gasteiger partial charge in [0.25, 0.3) is 5.56 Å². The first-order valence-corrected chi connectivity index (χ1v) is 4.84. The third-order valence-corrected chi connectivity index (χ3v) is 1.36. The molecule has 0 aliphatic rings. The zero-order valence-electron chi connectivity index (χ0n) is 8.15. The monoisotopic (exact) mass is 264 g/mol. The molecule has 0 amide bonds. The third-order valence-electron chi connectivity index (χ3n) is 1.36. The minimum absolute atomic E-state index is 0. The van der Waals surface area contributed by atoms with Gasteiger partial charge in [-0.3, -0.25) is 9.78 Å². The fourth-order valence-corrected chi connectivity index (χ4v) is 0.890. The van der Waals surface area contributed by atoms with Crippen molar-refractivity contribution in [3.05, 3.63) is 22.7 Å². The number of nitrogens with one attached hydrogen (secondary N) is 1. The number of hydrogen-bond acceptors (Lipinski definition) is 6. The van der Waals surface area contributed by atoms with E-state index in [1.807, 2.05) is 0 Å². The molecule has 0 fully saturated rings. The quantitative estimate of drug-likeness (QED) is 0.605. The van der Waals surface area contributed by atoms with Crippen LogP contribution in [0.5, 0.6) is 0 Å². The molecule has 0 saturated carbocycles. The Hall–Kier alpha value is -1.44. The van der Waals surface area contributed by atoms with Crippen LogP contribution in [-0.4, -0.2) is 25.3 Å². The van der Waals surface area contributed by atoms with E-state index in [4.69, 9.17) is 28.9 Å². The Morgan fingerprint density at radius 2 is 1.88 bits per heavy atom. The highest BCUT2D eigenvalue weighted by atomic mass is 35.5. The summed E-state index contributed by atoms with van der Waals surface area (Å²) in [6, 6.07) is 0. The maximum Gasteiger partial charge on any atom is 0.280 e. The Morgan fingerprint density at radius 3 is 2.50 bits per heavy atom. The normalized spacial score (nSPS) is 8.88. The van der Waals surface area contributed by atoms with Crippen molar-refractivity contribution < 1.29 is 0 Å². The van der Waals surface area contributed by atoms with Crippen LogP contribution in [0.3, 0.4) is 0 Å². The van der Waals surface area contributed by atoms with Crippen LogP contribution in [-0.2, 0) is 0 Å². The molecule has 0 radical (unpaired) electrons. The Balaban J connectivity index is 0.000000511. The predicted molar refractivity (Wildman–Crippen MR) is 64.0 cm³/mol. The lowest BCUT2D eigenvalue weighted by Crippen LogP contribution is -2.12. The predicted octanol–water partition coefficient (Wildman–Crippen LogP) is 0.879. The first-order valence-electron chi connectivity index (χ1n) is 3.77. The molecule has 0 saturated heterocycles. The third kappa shape index (κ3) is 3.61. The molecule has 9 heteroatoms. The zero-order chi connectivity index (χ0) is 11.3. The van der Waals surface area contributed by atoms with Crippen molar-refractivity contribution in [1.82, 2.24) is 26.1 Å². The summed E-state index contributed by atoms with van der Waals surface area (Å²) in [5, 5.41) is 0.194. The molecule has 2 heterocycles. The van der Waals surface area contributed by atoms with Gasteiger partial charge in [0.05, 0.1) is 5.34 Å². The van der Waals surface area contributed by atoms with Gasteiger partial charge >= 0.3 is 0 Å². The second-order valence-corrected chi connectivity index (χ2v) is 3.09. The number of hydrogen-bond donors (Lipinski definition) is 3. The van der Waals surface area contributed by atoms with Gasteiger partial charge in [-0.25, -0.2) is 9.97 Å². The molecule has 2 aromatic heterocycles. The standard InChI is InChI=1S/C6H5N5O.CH2Cl2.H3N/c7-6-10-4-3(5(12)11-6)8-1-2-9-4;2-1-3;/h1-2H,(H3,7,9,10,11,12);1H2;1H3. The van der Waals surface area contributed by atoms with Crippen LogP contribution in [0, 0.1) is 0 Å². The first kappa shape index (κ1) is 14.6. The summed E-state index contributed by atoms with van der Waals surface area (Å²) in [6.45, 7) is 0. The van der Waals surface area contributed by atoms with Crippen LogP contribution in [0.1, 0.15) is 0 Å². The van der Waals surface area contributed by atoms with Gasteiger partial charge in [0.1, 0.15) is 0 Å². The first-order chi connectivity index (χ1) is 7.19. The highest BCUT2D eigenvalue weighted by molar-refractivity contribution is 6.40. The average Bonchev–Trinajstić information content (AvgIpc) is 2.18. The van der Waals surface area contributed by atoms with Crippen LogP contribution < -0.4 is 17.4 Å². The van der Waals surface area contributed by atoms with Gasteiger partial charge in [-0.05, 0) is 0 Å². The summed E-state index contributed by atoms with van der Waals surface area (Å²) < 4.78 is 0. The van der Waals surface area contributed by atoms with E-state index in [-0.39, 0.29) is 34.2 Å². The molecule has 0 bridgehead atoms. The number of H-pyrrole nitrogens is 1. The number of nitrogens with zero attached hydrogens (tertiary/aromatic N) is 3. The molecule has 0 aliphatic carbocycles. The van der Waals surface area contributed by atoms with Gasteiger partial charge in [-0.15, -0.1) is 23.2 Å². The van der Waals surface area contributed by atoms with Gasteiger partial charge in [0, 0.05) is 12.4 Å². The maximum atomic E-state index is 11.1. The second kappa shape index (κ2) is 6.94. The number of alkyl halides is 2. The summed E-state index contributed by atoms with van der Waals surface area (Å²) in [5.74, 6) is 0.0491. The van der Waals surface area contributed by atoms with E-state index in [0.717, 1.165) is 0 Å². The Morgan fingerprint density at radius 1 is 1.31 bits per heavy atom. The topological polar surface area (TPSA) is 133 Å². The average molecular weight is 265 g/mol. The number of fused-ring (bicyclic) bond motifs is 1. The lowest BCUT2D eigenvalue weighted by Gasteiger charge is -1.94. The highest BCUT2D eigenvalue weighted by Gasteiger charge is 2.01. The van der Waals surface area contributed by atoms with E-state index in [1.165, 1.54) is 12.4 Å². The van der Waals surface area contributed by atoms with Crippen molar-refractivity contribution >= 4 is 40.3 Å². The van der Waals surface area contributed by atoms with Gasteiger partial charge in [-0.1, -0.05) is 0 Å². The molecule has 6 N–H and O–H groups in total. The van der Waals surface area contributed by atoms with Crippen molar-refractivity contribution in [1.29, 1.82) is 0 Å². The van der Waals surface area contributed by atoms with Crippen molar-refractivity contribution in [2.45, 2.75) is 0 Å². The summed E-state index contributed by atoms with van der Waals surface area (Å²) in [7, 11) is 0. The number of nitrogen functional groups attached to an aromatic ring is 1. The molecule has 16 heavy (non-hydrogen) atoms. The molecule has 88 valence electrons. The fraction of sp³-hybridized carbons (Fsp3) is 0.143. The van der Waals surface area contributed by atoms with Crippen molar-refractivity contribution in [3.8, 4) is 0 Å². The van der Waals surface area contributed by atoms with Gasteiger partial charge in [0.15, 0.2) is 11.2 Å². The van der Waals surface area contributed by atoms with Crippen LogP contribution in [0.4, 0.5) is 5.95 Å². The molecule has 0 aromatic carbocycles. The zero-order valence-corrected chi connectivity index (χ0v) is 9.66. The SMILES string of the molecule is ClCCl.N.Nc1nc2nccnc2c(=O)[nH]1. The summed E-state index contributed by atoms with van der Waals surface area (Å²) in [6.07, 6.45) is 2.88. The lowest BCUT2D eigenvalue weighted by atomic mass is 10.5. The maximum absolute atomic E-state index is 11.1. The largest absolute Gasteiger partial charge is 0.369 e. The molecule has 0 unspecified atom stereocenters. The molecule has 2 rings (SSSR count). The van der Waals surface area contributed by atoms with Crippen LogP contribution in [0.2, 0.25) is 0 Å². The summed E-state index contributed by atoms with van der Waals surface area (Å²) in [5.41, 5.74) is 5.38. The molecule has 0 atom stereocenters. The van der Waals surface area contributed by atoms with E-state index in [9.17, 15) is 4.79 Å². The lowest BCUT2D eigenvalue weighted by molar-refractivity contribution is 1.12.